The third-order valence-electron chi connectivity index (χ3n) is 5.66. The van der Waals surface area contributed by atoms with Crippen LogP contribution in [0.1, 0.15) is 36.2 Å². The monoisotopic (exact) mass is 597 g/mol. The first kappa shape index (κ1) is 28.9. The Bertz CT molecular complexity index is 1020. The van der Waals surface area contributed by atoms with Crippen LogP contribution in [0, 0.1) is 5.92 Å². The summed E-state index contributed by atoms with van der Waals surface area (Å²) in [5.74, 6) is -0.884. The highest BCUT2D eigenvalue weighted by molar-refractivity contribution is 9.10. The summed E-state index contributed by atoms with van der Waals surface area (Å²) in [5.41, 5.74) is 1.13. The summed E-state index contributed by atoms with van der Waals surface area (Å²) in [6.07, 6.45) is 0.960. The van der Waals surface area contributed by atoms with Crippen LogP contribution in [-0.4, -0.2) is 57.2 Å². The van der Waals surface area contributed by atoms with Crippen molar-refractivity contribution in [1.82, 2.24) is 16.0 Å². The van der Waals surface area contributed by atoms with Gasteiger partial charge in [-0.15, -0.1) is 0 Å². The van der Waals surface area contributed by atoms with Crippen LogP contribution in [0.3, 0.4) is 0 Å². The summed E-state index contributed by atoms with van der Waals surface area (Å²) in [6.45, 7) is 6.53. The van der Waals surface area contributed by atoms with Gasteiger partial charge in [0.1, 0.15) is 6.04 Å². The standard InChI is InChI=1S/C25H31BBrCl2N3O4/c1-16(2)12-23(26-35-10-8-30-9-11-36-26)32-25(34)22(13-17-6-4-3-5-7-17)31-24(33)18-14-19(27)21(29)15-20(18)28/h3-7,14-16,22-23,30H,8-13H2,1-2H3,(H,31,33)(H,32,34)/t22-,23-/m0/s1. The molecular formula is C25H31BBrCl2N3O4. The summed E-state index contributed by atoms with van der Waals surface area (Å²) in [6, 6.07) is 11.7. The molecule has 1 aliphatic heterocycles. The summed E-state index contributed by atoms with van der Waals surface area (Å²) < 4.78 is 12.4. The van der Waals surface area contributed by atoms with E-state index in [1.54, 1.807) is 6.07 Å². The second-order valence-corrected chi connectivity index (χ2v) is 10.7. The number of rotatable bonds is 9. The number of nitrogens with one attached hydrogen (secondary N) is 3. The molecule has 1 fully saturated rings. The van der Waals surface area contributed by atoms with Crippen molar-refractivity contribution in [3.63, 3.8) is 0 Å². The minimum absolute atomic E-state index is 0.196. The van der Waals surface area contributed by atoms with Crippen LogP contribution in [0.2, 0.25) is 10.0 Å². The molecule has 0 aromatic heterocycles. The molecule has 2 amide bonds. The molecular weight excluding hydrogens is 568 g/mol. The van der Waals surface area contributed by atoms with Gasteiger partial charge in [-0.05, 0) is 46.0 Å². The van der Waals surface area contributed by atoms with Gasteiger partial charge in [0.15, 0.2) is 0 Å². The molecule has 0 unspecified atom stereocenters. The van der Waals surface area contributed by atoms with Crippen molar-refractivity contribution >= 4 is 58.1 Å². The Balaban J connectivity index is 1.82. The van der Waals surface area contributed by atoms with Gasteiger partial charge in [-0.1, -0.05) is 67.4 Å². The van der Waals surface area contributed by atoms with E-state index >= 15 is 0 Å². The number of benzene rings is 2. The number of hydrogen-bond donors (Lipinski definition) is 3. The molecule has 2 aromatic carbocycles. The zero-order chi connectivity index (χ0) is 26.1. The Morgan fingerprint density at radius 3 is 2.36 bits per heavy atom. The highest BCUT2D eigenvalue weighted by Crippen LogP contribution is 2.29. The maximum absolute atomic E-state index is 13.6. The normalized spacial score (nSPS) is 16.1. The maximum Gasteiger partial charge on any atom is 0.480 e. The van der Waals surface area contributed by atoms with Crippen LogP contribution in [0.25, 0.3) is 0 Å². The zero-order valence-electron chi connectivity index (χ0n) is 20.4. The average Bonchev–Trinajstić information content (AvgIpc) is 2.80. The average molecular weight is 599 g/mol. The SMILES string of the molecule is CC(C)C[C@H](NC(=O)[C@H](Cc1ccccc1)NC(=O)c1cc(Br)c(Cl)cc1Cl)B1OCCNCCO1. The van der Waals surface area contributed by atoms with Gasteiger partial charge in [0.05, 0.1) is 21.5 Å². The molecule has 2 atom stereocenters. The molecule has 1 saturated heterocycles. The molecule has 1 heterocycles. The van der Waals surface area contributed by atoms with Crippen molar-refractivity contribution < 1.29 is 18.9 Å². The molecule has 11 heteroatoms. The van der Waals surface area contributed by atoms with E-state index in [0.29, 0.717) is 54.6 Å². The van der Waals surface area contributed by atoms with E-state index in [1.165, 1.54) is 6.07 Å². The van der Waals surface area contributed by atoms with Gasteiger partial charge < -0.3 is 25.3 Å². The zero-order valence-corrected chi connectivity index (χ0v) is 23.5. The molecule has 0 spiro atoms. The Labute approximate surface area is 231 Å². The van der Waals surface area contributed by atoms with E-state index in [-0.39, 0.29) is 22.4 Å². The topological polar surface area (TPSA) is 88.7 Å². The number of hydrogen-bond acceptors (Lipinski definition) is 5. The van der Waals surface area contributed by atoms with Crippen molar-refractivity contribution in [3.8, 4) is 0 Å². The van der Waals surface area contributed by atoms with E-state index in [2.05, 4.69) is 45.7 Å². The number of halogens is 3. The van der Waals surface area contributed by atoms with Crippen molar-refractivity contribution in [2.75, 3.05) is 26.3 Å². The van der Waals surface area contributed by atoms with E-state index < -0.39 is 19.1 Å². The smallest absolute Gasteiger partial charge is 0.408 e. The van der Waals surface area contributed by atoms with Gasteiger partial charge >= 0.3 is 7.12 Å². The Morgan fingerprint density at radius 2 is 1.72 bits per heavy atom. The molecule has 0 aliphatic carbocycles. The quantitative estimate of drug-likeness (QED) is 0.296. The lowest BCUT2D eigenvalue weighted by Crippen LogP contribution is -2.57. The largest absolute Gasteiger partial charge is 0.480 e. The van der Waals surface area contributed by atoms with Gasteiger partial charge in [0.2, 0.25) is 5.91 Å². The number of amides is 2. The van der Waals surface area contributed by atoms with Gasteiger partial charge in [-0.3, -0.25) is 9.59 Å². The van der Waals surface area contributed by atoms with Crippen molar-refractivity contribution in [2.45, 2.75) is 38.7 Å². The summed E-state index contributed by atoms with van der Waals surface area (Å²) in [7, 11) is -0.576. The first-order valence-electron chi connectivity index (χ1n) is 12.0. The first-order valence-corrected chi connectivity index (χ1v) is 13.5. The molecule has 1 aliphatic rings. The number of carbonyl (C=O) groups is 2. The molecule has 0 saturated carbocycles. The lowest BCUT2D eigenvalue weighted by atomic mass is 9.73. The van der Waals surface area contributed by atoms with Crippen LogP contribution < -0.4 is 16.0 Å². The van der Waals surface area contributed by atoms with Crippen LogP contribution in [0.15, 0.2) is 46.9 Å². The van der Waals surface area contributed by atoms with Crippen LogP contribution in [-0.2, 0) is 20.5 Å². The van der Waals surface area contributed by atoms with Crippen LogP contribution in [0.5, 0.6) is 0 Å². The van der Waals surface area contributed by atoms with E-state index in [9.17, 15) is 9.59 Å². The number of carbonyl (C=O) groups excluding carboxylic acids is 2. The molecule has 3 rings (SSSR count). The minimum atomic E-state index is -0.852. The van der Waals surface area contributed by atoms with Crippen molar-refractivity contribution in [3.05, 3.63) is 68.1 Å². The van der Waals surface area contributed by atoms with Crippen LogP contribution >= 0.6 is 39.1 Å². The second-order valence-electron chi connectivity index (χ2n) is 9.07. The molecule has 194 valence electrons. The molecule has 0 bridgehead atoms. The van der Waals surface area contributed by atoms with Gasteiger partial charge in [-0.2, -0.15) is 0 Å². The predicted molar refractivity (Wildman–Crippen MR) is 147 cm³/mol. The second kappa shape index (κ2) is 14.4. The van der Waals surface area contributed by atoms with E-state index in [4.69, 9.17) is 32.5 Å². The summed E-state index contributed by atoms with van der Waals surface area (Å²) in [4.78, 5) is 26.8. The first-order chi connectivity index (χ1) is 17.2. The third kappa shape index (κ3) is 8.75. The maximum atomic E-state index is 13.6. The van der Waals surface area contributed by atoms with Crippen molar-refractivity contribution in [1.29, 1.82) is 0 Å². The Morgan fingerprint density at radius 1 is 1.06 bits per heavy atom. The van der Waals surface area contributed by atoms with Gasteiger partial charge in [0.25, 0.3) is 5.91 Å². The fourth-order valence-corrected chi connectivity index (χ4v) is 4.73. The molecule has 2 aromatic rings. The minimum Gasteiger partial charge on any atom is -0.408 e. The fourth-order valence-electron chi connectivity index (χ4n) is 3.92. The molecule has 3 N–H and O–H groups in total. The predicted octanol–water partition coefficient (Wildman–Crippen LogP) is 4.29. The van der Waals surface area contributed by atoms with E-state index in [0.717, 1.165) is 5.56 Å². The fraction of sp³-hybridized carbons (Fsp3) is 0.440. The van der Waals surface area contributed by atoms with Crippen LogP contribution in [0.4, 0.5) is 0 Å². The Kier molecular flexibility index (Phi) is 11.5. The summed E-state index contributed by atoms with van der Waals surface area (Å²) >= 11 is 15.7. The van der Waals surface area contributed by atoms with Gasteiger partial charge in [-0.25, -0.2) is 0 Å². The van der Waals surface area contributed by atoms with Crippen molar-refractivity contribution in [2.24, 2.45) is 5.92 Å². The lowest BCUT2D eigenvalue weighted by molar-refractivity contribution is -0.123. The third-order valence-corrected chi connectivity index (χ3v) is 7.17. The molecule has 36 heavy (non-hydrogen) atoms. The molecule has 7 nitrogen and oxygen atoms in total. The van der Waals surface area contributed by atoms with E-state index in [1.807, 2.05) is 30.3 Å². The molecule has 0 radical (unpaired) electrons. The Hall–Kier alpha value is -1.62. The summed E-state index contributed by atoms with van der Waals surface area (Å²) in [5, 5.41) is 9.76. The van der Waals surface area contributed by atoms with Gasteiger partial charge in [0, 0.05) is 37.2 Å². The highest BCUT2D eigenvalue weighted by Gasteiger charge is 2.35. The highest BCUT2D eigenvalue weighted by atomic mass is 79.9. The lowest BCUT2D eigenvalue weighted by Gasteiger charge is -2.29.